The molecule has 2 aliphatic carbocycles. The van der Waals surface area contributed by atoms with Gasteiger partial charge in [0, 0.05) is 5.57 Å². The van der Waals surface area contributed by atoms with Crippen LogP contribution in [-0.2, 0) is 38.1 Å². The highest BCUT2D eigenvalue weighted by Crippen LogP contribution is 2.27. The summed E-state index contributed by atoms with van der Waals surface area (Å²) in [5.41, 5.74) is -0.173. The van der Waals surface area contributed by atoms with Gasteiger partial charge in [-0.25, -0.2) is 14.4 Å². The molecule has 0 aromatic rings. The minimum absolute atomic E-state index is 0.155. The topological polar surface area (TPSA) is 105 Å². The molecule has 0 aromatic heterocycles. The third-order valence-corrected chi connectivity index (χ3v) is 6.39. The van der Waals surface area contributed by atoms with Gasteiger partial charge in [-0.1, -0.05) is 20.4 Å². The van der Waals surface area contributed by atoms with Gasteiger partial charge in [-0.2, -0.15) is 0 Å². The lowest BCUT2D eigenvalue weighted by atomic mass is 9.89. The van der Waals surface area contributed by atoms with E-state index in [0.717, 1.165) is 51.4 Å². The third kappa shape index (κ3) is 9.18. The number of ether oxygens (including phenoxy) is 4. The van der Waals surface area contributed by atoms with Crippen molar-refractivity contribution in [1.29, 1.82) is 0 Å². The third-order valence-electron chi connectivity index (χ3n) is 6.39. The van der Waals surface area contributed by atoms with Gasteiger partial charge in [0.05, 0.1) is 6.42 Å². The van der Waals surface area contributed by atoms with E-state index in [0.29, 0.717) is 11.8 Å². The SMILES string of the molecule is C=C(CC(=O)OC(C)C(=O)OC1CCC(C)CC1)C(=O)OC(C)C(=O)OC1CCC(C)CC1. The molecule has 0 aromatic carbocycles. The summed E-state index contributed by atoms with van der Waals surface area (Å²) in [6.45, 7) is 10.7. The zero-order chi connectivity index (χ0) is 24.5. The summed E-state index contributed by atoms with van der Waals surface area (Å²) < 4.78 is 21.0. The molecular weight excluding hydrogens is 428 g/mol. The highest BCUT2D eigenvalue weighted by molar-refractivity contribution is 5.95. The zero-order valence-corrected chi connectivity index (χ0v) is 20.3. The molecule has 8 nitrogen and oxygen atoms in total. The molecule has 2 rings (SSSR count). The molecule has 2 atom stereocenters. The predicted molar refractivity (Wildman–Crippen MR) is 120 cm³/mol. The largest absolute Gasteiger partial charge is 0.460 e. The average Bonchev–Trinajstić information content (AvgIpc) is 2.76. The van der Waals surface area contributed by atoms with E-state index < -0.39 is 42.5 Å². The fourth-order valence-corrected chi connectivity index (χ4v) is 4.04. The van der Waals surface area contributed by atoms with Crippen LogP contribution in [0.2, 0.25) is 0 Å². The first kappa shape index (κ1) is 26.9. The predicted octanol–water partition coefficient (Wildman–Crippen LogP) is 4.04. The Balaban J connectivity index is 1.69. The molecule has 186 valence electrons. The van der Waals surface area contributed by atoms with E-state index in [1.165, 1.54) is 13.8 Å². The molecule has 0 saturated heterocycles. The summed E-state index contributed by atoms with van der Waals surface area (Å²) in [4.78, 5) is 48.7. The van der Waals surface area contributed by atoms with Gasteiger partial charge in [0.15, 0.2) is 12.2 Å². The number of carbonyl (C=O) groups is 4. The van der Waals surface area contributed by atoms with E-state index in [9.17, 15) is 19.2 Å². The highest BCUT2D eigenvalue weighted by Gasteiger charge is 2.29. The second-order valence-electron chi connectivity index (χ2n) is 9.60. The molecule has 0 spiro atoms. The molecule has 2 aliphatic rings. The van der Waals surface area contributed by atoms with Crippen molar-refractivity contribution in [1.82, 2.24) is 0 Å². The summed E-state index contributed by atoms with van der Waals surface area (Å²) in [6, 6.07) is 0. The van der Waals surface area contributed by atoms with Crippen LogP contribution in [0.5, 0.6) is 0 Å². The Morgan fingerprint density at radius 2 is 1.12 bits per heavy atom. The standard InChI is InChI=1S/C25H38O8/c1-15-6-10-20(11-7-15)32-24(28)18(4)30-22(26)14-17(3)23(27)31-19(5)25(29)33-21-12-8-16(2)9-13-21/h15-16,18-21H,3,6-14H2,1-2,4-5H3. The average molecular weight is 467 g/mol. The van der Waals surface area contributed by atoms with Gasteiger partial charge < -0.3 is 18.9 Å². The van der Waals surface area contributed by atoms with Crippen LogP contribution in [0, 0.1) is 11.8 Å². The quantitative estimate of drug-likeness (QED) is 0.285. The molecule has 0 radical (unpaired) electrons. The van der Waals surface area contributed by atoms with Crippen molar-refractivity contribution in [2.75, 3.05) is 0 Å². The maximum atomic E-state index is 12.2. The van der Waals surface area contributed by atoms with Crippen molar-refractivity contribution in [3.63, 3.8) is 0 Å². The van der Waals surface area contributed by atoms with Crippen molar-refractivity contribution >= 4 is 23.9 Å². The van der Waals surface area contributed by atoms with Crippen molar-refractivity contribution in [3.8, 4) is 0 Å². The van der Waals surface area contributed by atoms with E-state index >= 15 is 0 Å². The van der Waals surface area contributed by atoms with E-state index in [-0.39, 0.29) is 17.8 Å². The number of hydrogen-bond donors (Lipinski definition) is 0. The molecule has 0 N–H and O–H groups in total. The molecular formula is C25H38O8. The van der Waals surface area contributed by atoms with Gasteiger partial charge in [0.2, 0.25) is 0 Å². The van der Waals surface area contributed by atoms with Crippen LogP contribution in [-0.4, -0.2) is 48.3 Å². The van der Waals surface area contributed by atoms with Gasteiger partial charge >= 0.3 is 23.9 Å². The fraction of sp³-hybridized carbons (Fsp3) is 0.760. The summed E-state index contributed by atoms with van der Waals surface area (Å²) >= 11 is 0. The Labute approximate surface area is 196 Å². The normalized spacial score (nSPS) is 26.9. The van der Waals surface area contributed by atoms with Gasteiger partial charge in [0.1, 0.15) is 12.2 Å². The van der Waals surface area contributed by atoms with E-state index in [1.54, 1.807) is 0 Å². The number of hydrogen-bond acceptors (Lipinski definition) is 8. The van der Waals surface area contributed by atoms with Crippen LogP contribution in [0.1, 0.15) is 85.5 Å². The van der Waals surface area contributed by atoms with Crippen LogP contribution in [0.15, 0.2) is 12.2 Å². The summed E-state index contributed by atoms with van der Waals surface area (Å²) in [5.74, 6) is -1.66. The molecule has 2 unspecified atom stereocenters. The lowest BCUT2D eigenvalue weighted by Crippen LogP contribution is -2.33. The maximum absolute atomic E-state index is 12.2. The number of carbonyl (C=O) groups excluding carboxylic acids is 4. The summed E-state index contributed by atoms with van der Waals surface area (Å²) in [6.07, 6.45) is 4.22. The first-order valence-corrected chi connectivity index (χ1v) is 12.0. The van der Waals surface area contributed by atoms with Crippen molar-refractivity contribution in [3.05, 3.63) is 12.2 Å². The highest BCUT2D eigenvalue weighted by atomic mass is 16.6. The Bertz CT molecular complexity index is 714. The number of esters is 4. The monoisotopic (exact) mass is 466 g/mol. The number of rotatable bonds is 9. The molecule has 0 aliphatic heterocycles. The summed E-state index contributed by atoms with van der Waals surface area (Å²) in [5, 5.41) is 0. The van der Waals surface area contributed by atoms with Crippen molar-refractivity contribution < 1.29 is 38.1 Å². The van der Waals surface area contributed by atoms with Crippen LogP contribution < -0.4 is 0 Å². The Morgan fingerprint density at radius 3 is 1.55 bits per heavy atom. The fourth-order valence-electron chi connectivity index (χ4n) is 4.04. The Hall–Kier alpha value is -2.38. The molecule has 8 heteroatoms. The maximum Gasteiger partial charge on any atom is 0.347 e. The first-order valence-electron chi connectivity index (χ1n) is 12.0. The Morgan fingerprint density at radius 1 is 0.727 bits per heavy atom. The van der Waals surface area contributed by atoms with Crippen LogP contribution in [0.25, 0.3) is 0 Å². The molecule has 2 saturated carbocycles. The molecule has 2 fully saturated rings. The second kappa shape index (κ2) is 12.8. The molecule has 0 bridgehead atoms. The minimum atomic E-state index is -1.11. The zero-order valence-electron chi connectivity index (χ0n) is 20.3. The lowest BCUT2D eigenvalue weighted by Gasteiger charge is -2.27. The molecule has 0 heterocycles. The first-order chi connectivity index (χ1) is 15.5. The van der Waals surface area contributed by atoms with Gasteiger partial charge in [-0.15, -0.1) is 0 Å². The molecule has 33 heavy (non-hydrogen) atoms. The van der Waals surface area contributed by atoms with E-state index in [2.05, 4.69) is 20.4 Å². The van der Waals surface area contributed by atoms with Crippen LogP contribution >= 0.6 is 0 Å². The minimum Gasteiger partial charge on any atom is -0.460 e. The van der Waals surface area contributed by atoms with Crippen LogP contribution in [0.4, 0.5) is 0 Å². The van der Waals surface area contributed by atoms with E-state index in [4.69, 9.17) is 18.9 Å². The van der Waals surface area contributed by atoms with Gasteiger partial charge in [-0.05, 0) is 77.0 Å². The van der Waals surface area contributed by atoms with Gasteiger partial charge in [-0.3, -0.25) is 4.79 Å². The Kier molecular flexibility index (Phi) is 10.4. The lowest BCUT2D eigenvalue weighted by molar-refractivity contribution is -0.172. The summed E-state index contributed by atoms with van der Waals surface area (Å²) in [7, 11) is 0. The van der Waals surface area contributed by atoms with Gasteiger partial charge in [0.25, 0.3) is 0 Å². The second-order valence-corrected chi connectivity index (χ2v) is 9.60. The van der Waals surface area contributed by atoms with Crippen molar-refractivity contribution in [2.45, 2.75) is 110 Å². The van der Waals surface area contributed by atoms with Crippen molar-refractivity contribution in [2.24, 2.45) is 11.8 Å². The van der Waals surface area contributed by atoms with E-state index in [1.807, 2.05) is 0 Å². The van der Waals surface area contributed by atoms with Crippen LogP contribution in [0.3, 0.4) is 0 Å². The smallest absolute Gasteiger partial charge is 0.347 e. The molecule has 0 amide bonds.